The maximum atomic E-state index is 13.6. The third kappa shape index (κ3) is 6.10. The van der Waals surface area contributed by atoms with Gasteiger partial charge in [0, 0.05) is 13.0 Å². The molecule has 0 spiro atoms. The molecule has 1 amide bonds. The monoisotopic (exact) mass is 356 g/mol. The van der Waals surface area contributed by atoms with Crippen LogP contribution in [-0.4, -0.2) is 19.6 Å². The summed E-state index contributed by atoms with van der Waals surface area (Å²) in [5.41, 5.74) is 1.23. The van der Waals surface area contributed by atoms with Crippen LogP contribution in [0, 0.1) is 17.1 Å². The average molecular weight is 356 g/mol. The molecule has 0 aromatic heterocycles. The number of nitrogens with zero attached hydrogens (tertiary/aromatic N) is 1. The van der Waals surface area contributed by atoms with Crippen LogP contribution in [-0.2, 0) is 11.3 Å². The lowest BCUT2D eigenvalue weighted by Crippen LogP contribution is -2.22. The van der Waals surface area contributed by atoms with Crippen LogP contribution in [0.25, 0.3) is 0 Å². The molecule has 0 aliphatic rings. The molecule has 0 fully saturated rings. The van der Waals surface area contributed by atoms with Gasteiger partial charge in [0.15, 0.2) is 11.6 Å². The lowest BCUT2D eigenvalue weighted by molar-refractivity contribution is -0.121. The van der Waals surface area contributed by atoms with E-state index in [0.29, 0.717) is 36.3 Å². The summed E-state index contributed by atoms with van der Waals surface area (Å²) in [5, 5.41) is 11.6. The van der Waals surface area contributed by atoms with Crippen molar-refractivity contribution in [1.29, 1.82) is 5.26 Å². The molecule has 0 aliphatic carbocycles. The zero-order valence-electron chi connectivity index (χ0n) is 14.6. The van der Waals surface area contributed by atoms with E-state index in [-0.39, 0.29) is 18.2 Å². The normalized spacial score (nSPS) is 10.0. The number of hydrogen-bond acceptors (Lipinski definition) is 4. The first-order valence-electron chi connectivity index (χ1n) is 8.34. The number of amides is 1. The second-order valence-electron chi connectivity index (χ2n) is 5.69. The van der Waals surface area contributed by atoms with Crippen molar-refractivity contribution in [3.05, 3.63) is 59.4 Å². The lowest BCUT2D eigenvalue weighted by Gasteiger charge is -2.08. The quantitative estimate of drug-likeness (QED) is 0.697. The van der Waals surface area contributed by atoms with E-state index in [1.165, 1.54) is 19.2 Å². The van der Waals surface area contributed by atoms with Crippen LogP contribution in [0.15, 0.2) is 42.5 Å². The number of hydrogen-bond donors (Lipinski definition) is 1. The Labute approximate surface area is 152 Å². The summed E-state index contributed by atoms with van der Waals surface area (Å²) in [6.45, 7) is 0.753. The van der Waals surface area contributed by atoms with Crippen LogP contribution >= 0.6 is 0 Å². The molecular formula is C20H21FN2O3. The van der Waals surface area contributed by atoms with E-state index in [9.17, 15) is 9.18 Å². The Morgan fingerprint density at radius 1 is 1.23 bits per heavy atom. The van der Waals surface area contributed by atoms with Gasteiger partial charge in [-0.05, 0) is 48.7 Å². The van der Waals surface area contributed by atoms with Gasteiger partial charge in [-0.3, -0.25) is 4.79 Å². The number of unbranched alkanes of at least 4 members (excludes halogenated alkanes) is 1. The standard InChI is InChI=1S/C20H21FN2O3/c1-25-19-9-8-16(12-18(19)21)14-23-20(24)7-2-3-10-26-17-6-4-5-15(11-17)13-22/h4-6,8-9,11-12H,2-3,7,10,14H2,1H3,(H,23,24). The molecule has 0 atom stereocenters. The largest absolute Gasteiger partial charge is 0.494 e. The number of nitrogens with one attached hydrogen (secondary N) is 1. The van der Waals surface area contributed by atoms with Crippen LogP contribution in [0.4, 0.5) is 4.39 Å². The number of ether oxygens (including phenoxy) is 2. The zero-order chi connectivity index (χ0) is 18.8. The fraction of sp³-hybridized carbons (Fsp3) is 0.300. The van der Waals surface area contributed by atoms with E-state index in [1.807, 2.05) is 0 Å². The third-order valence-corrected chi connectivity index (χ3v) is 3.74. The summed E-state index contributed by atoms with van der Waals surface area (Å²) in [7, 11) is 1.41. The van der Waals surface area contributed by atoms with Crippen molar-refractivity contribution in [3.8, 4) is 17.6 Å². The van der Waals surface area contributed by atoms with E-state index >= 15 is 0 Å². The van der Waals surface area contributed by atoms with Crippen molar-refractivity contribution >= 4 is 5.91 Å². The predicted molar refractivity (Wildman–Crippen MR) is 95.3 cm³/mol. The molecule has 0 heterocycles. The molecule has 0 radical (unpaired) electrons. The minimum atomic E-state index is -0.447. The molecule has 2 rings (SSSR count). The topological polar surface area (TPSA) is 71.3 Å². The maximum absolute atomic E-state index is 13.6. The summed E-state index contributed by atoms with van der Waals surface area (Å²) in [4.78, 5) is 11.8. The molecule has 2 aromatic rings. The van der Waals surface area contributed by atoms with Crippen molar-refractivity contribution < 1.29 is 18.7 Å². The minimum absolute atomic E-state index is 0.0901. The van der Waals surface area contributed by atoms with Crippen LogP contribution in [0.3, 0.4) is 0 Å². The summed E-state index contributed by atoms with van der Waals surface area (Å²) >= 11 is 0. The minimum Gasteiger partial charge on any atom is -0.494 e. The molecule has 26 heavy (non-hydrogen) atoms. The second-order valence-corrected chi connectivity index (χ2v) is 5.69. The van der Waals surface area contributed by atoms with Crippen molar-refractivity contribution in [2.75, 3.05) is 13.7 Å². The molecule has 5 nitrogen and oxygen atoms in total. The fourth-order valence-electron chi connectivity index (χ4n) is 2.34. The smallest absolute Gasteiger partial charge is 0.220 e. The fourth-order valence-corrected chi connectivity index (χ4v) is 2.34. The Morgan fingerprint density at radius 2 is 2.08 bits per heavy atom. The van der Waals surface area contributed by atoms with Crippen LogP contribution in [0.2, 0.25) is 0 Å². The molecule has 0 bridgehead atoms. The first-order valence-corrected chi connectivity index (χ1v) is 8.34. The number of nitriles is 1. The number of carbonyl (C=O) groups is 1. The highest BCUT2D eigenvalue weighted by atomic mass is 19.1. The molecule has 0 unspecified atom stereocenters. The Kier molecular flexibility index (Phi) is 7.44. The first-order chi connectivity index (χ1) is 12.6. The molecule has 136 valence electrons. The van der Waals surface area contributed by atoms with E-state index in [4.69, 9.17) is 14.7 Å². The average Bonchev–Trinajstić information content (AvgIpc) is 2.66. The predicted octanol–water partition coefficient (Wildman–Crippen LogP) is 3.57. The summed E-state index contributed by atoms with van der Waals surface area (Å²) < 4.78 is 24.0. The van der Waals surface area contributed by atoms with E-state index in [2.05, 4.69) is 11.4 Å². The molecule has 0 saturated carbocycles. The Morgan fingerprint density at radius 3 is 2.81 bits per heavy atom. The van der Waals surface area contributed by atoms with Crippen LogP contribution < -0.4 is 14.8 Å². The maximum Gasteiger partial charge on any atom is 0.220 e. The zero-order valence-corrected chi connectivity index (χ0v) is 14.6. The highest BCUT2D eigenvalue weighted by molar-refractivity contribution is 5.75. The van der Waals surface area contributed by atoms with E-state index in [1.54, 1.807) is 30.3 Å². The van der Waals surface area contributed by atoms with Crippen LogP contribution in [0.5, 0.6) is 11.5 Å². The highest BCUT2D eigenvalue weighted by Crippen LogP contribution is 2.17. The molecule has 0 saturated heterocycles. The van der Waals surface area contributed by atoms with Gasteiger partial charge in [0.1, 0.15) is 5.75 Å². The number of benzene rings is 2. The molecule has 1 N–H and O–H groups in total. The van der Waals surface area contributed by atoms with Gasteiger partial charge >= 0.3 is 0 Å². The van der Waals surface area contributed by atoms with Gasteiger partial charge in [-0.15, -0.1) is 0 Å². The third-order valence-electron chi connectivity index (χ3n) is 3.74. The highest BCUT2D eigenvalue weighted by Gasteiger charge is 2.05. The number of halogens is 1. The van der Waals surface area contributed by atoms with Crippen LogP contribution in [0.1, 0.15) is 30.4 Å². The summed E-state index contributed by atoms with van der Waals surface area (Å²) in [6.07, 6.45) is 1.78. The molecule has 0 aliphatic heterocycles. The van der Waals surface area contributed by atoms with Crippen molar-refractivity contribution in [3.63, 3.8) is 0 Å². The lowest BCUT2D eigenvalue weighted by atomic mass is 10.2. The van der Waals surface area contributed by atoms with Crippen molar-refractivity contribution in [1.82, 2.24) is 5.32 Å². The van der Waals surface area contributed by atoms with E-state index < -0.39 is 5.82 Å². The number of carbonyl (C=O) groups excluding carboxylic acids is 1. The van der Waals surface area contributed by atoms with Crippen molar-refractivity contribution in [2.24, 2.45) is 0 Å². The summed E-state index contributed by atoms with van der Waals surface area (Å²) in [5.74, 6) is 0.292. The van der Waals surface area contributed by atoms with Gasteiger partial charge in [0.2, 0.25) is 5.91 Å². The van der Waals surface area contributed by atoms with Gasteiger partial charge in [0.05, 0.1) is 25.3 Å². The van der Waals surface area contributed by atoms with E-state index in [0.717, 1.165) is 6.42 Å². The number of rotatable bonds is 9. The molecule has 6 heteroatoms. The summed E-state index contributed by atoms with van der Waals surface area (Å²) in [6, 6.07) is 13.6. The molecular weight excluding hydrogens is 335 g/mol. The van der Waals surface area contributed by atoms with Crippen molar-refractivity contribution in [2.45, 2.75) is 25.8 Å². The Bertz CT molecular complexity index is 787. The van der Waals surface area contributed by atoms with Gasteiger partial charge in [-0.2, -0.15) is 5.26 Å². The first kappa shape index (κ1) is 19.3. The van der Waals surface area contributed by atoms with Gasteiger partial charge < -0.3 is 14.8 Å². The number of methoxy groups -OCH3 is 1. The Balaban J connectivity index is 1.63. The van der Waals surface area contributed by atoms with Gasteiger partial charge in [0.25, 0.3) is 0 Å². The SMILES string of the molecule is COc1ccc(CNC(=O)CCCCOc2cccc(C#N)c2)cc1F. The van der Waals surface area contributed by atoms with Gasteiger partial charge in [-0.1, -0.05) is 12.1 Å². The Hall–Kier alpha value is -3.07. The second kappa shape index (κ2) is 10.0. The van der Waals surface area contributed by atoms with Gasteiger partial charge in [-0.25, -0.2) is 4.39 Å². The molecule has 2 aromatic carbocycles.